The largest absolute Gasteiger partial charge is 0.370 e. The van der Waals surface area contributed by atoms with Crippen molar-refractivity contribution in [3.63, 3.8) is 0 Å². The van der Waals surface area contributed by atoms with Crippen molar-refractivity contribution >= 4 is 5.82 Å². The maximum absolute atomic E-state index is 5.50. The Balaban J connectivity index is 2.41. The summed E-state index contributed by atoms with van der Waals surface area (Å²) in [4.78, 5) is 4.23. The third kappa shape index (κ3) is 3.42. The molecule has 0 fully saturated rings. The molecule has 1 aromatic rings. The van der Waals surface area contributed by atoms with E-state index in [0.717, 1.165) is 12.4 Å². The van der Waals surface area contributed by atoms with Gasteiger partial charge >= 0.3 is 0 Å². The summed E-state index contributed by atoms with van der Waals surface area (Å²) >= 11 is 0. The fraction of sp³-hybridized carbons (Fsp3) is 0.500. The van der Waals surface area contributed by atoms with E-state index in [-0.39, 0.29) is 0 Å². The van der Waals surface area contributed by atoms with E-state index in [0.29, 0.717) is 12.5 Å². The summed E-state index contributed by atoms with van der Waals surface area (Å²) in [6.07, 6.45) is 1.86. The lowest BCUT2D eigenvalue weighted by atomic mass is 10.2. The third-order valence-corrected chi connectivity index (χ3v) is 1.95. The Labute approximate surface area is 79.4 Å². The van der Waals surface area contributed by atoms with E-state index in [1.165, 1.54) is 5.56 Å². The highest BCUT2D eigenvalue weighted by atomic mass is 15.0. The number of hydrogen-bond acceptors (Lipinski definition) is 3. The molecular formula is C10H17N3. The first-order valence-electron chi connectivity index (χ1n) is 4.59. The highest BCUT2D eigenvalue weighted by molar-refractivity contribution is 5.35. The van der Waals surface area contributed by atoms with E-state index in [1.54, 1.807) is 0 Å². The quantitative estimate of drug-likeness (QED) is 0.734. The summed E-state index contributed by atoms with van der Waals surface area (Å²) in [5.41, 5.74) is 6.68. The average molecular weight is 179 g/mol. The Morgan fingerprint density at radius 1 is 1.54 bits per heavy atom. The average Bonchev–Trinajstić information content (AvgIpc) is 2.16. The van der Waals surface area contributed by atoms with Crippen LogP contribution in [0, 0.1) is 12.8 Å². The molecule has 72 valence electrons. The van der Waals surface area contributed by atoms with Gasteiger partial charge in [-0.2, -0.15) is 0 Å². The van der Waals surface area contributed by atoms with E-state index in [2.05, 4.69) is 17.2 Å². The third-order valence-electron chi connectivity index (χ3n) is 1.95. The lowest BCUT2D eigenvalue weighted by Gasteiger charge is -2.10. The van der Waals surface area contributed by atoms with Gasteiger partial charge in [-0.05, 0) is 31.0 Å². The van der Waals surface area contributed by atoms with Crippen LogP contribution < -0.4 is 11.1 Å². The Hall–Kier alpha value is -1.09. The number of nitrogens with one attached hydrogen (secondary N) is 1. The minimum Gasteiger partial charge on any atom is -0.370 e. The fourth-order valence-electron chi connectivity index (χ4n) is 0.935. The number of aromatic nitrogens is 1. The van der Waals surface area contributed by atoms with Crippen molar-refractivity contribution in [1.82, 2.24) is 4.98 Å². The minimum absolute atomic E-state index is 0.489. The van der Waals surface area contributed by atoms with Gasteiger partial charge in [0.1, 0.15) is 5.82 Å². The van der Waals surface area contributed by atoms with Crippen LogP contribution in [0.5, 0.6) is 0 Å². The number of nitrogens with zero attached hydrogens (tertiary/aromatic N) is 1. The number of aryl methyl sites for hydroxylation is 1. The van der Waals surface area contributed by atoms with Crippen molar-refractivity contribution in [2.24, 2.45) is 11.7 Å². The molecule has 0 spiro atoms. The molecule has 0 aliphatic carbocycles. The molecule has 0 aliphatic heterocycles. The Morgan fingerprint density at radius 3 is 2.85 bits per heavy atom. The van der Waals surface area contributed by atoms with Crippen molar-refractivity contribution in [1.29, 1.82) is 0 Å². The maximum atomic E-state index is 5.50. The summed E-state index contributed by atoms with van der Waals surface area (Å²) < 4.78 is 0. The molecule has 13 heavy (non-hydrogen) atoms. The first-order chi connectivity index (χ1) is 6.22. The molecule has 1 heterocycles. The number of pyridine rings is 1. The van der Waals surface area contributed by atoms with Crippen molar-refractivity contribution in [2.45, 2.75) is 13.8 Å². The standard InChI is InChI=1S/C10H17N3/c1-8-3-4-10(12-6-8)13-7-9(2)5-11/h3-4,6,9H,5,7,11H2,1-2H3,(H,12,13). The van der Waals surface area contributed by atoms with Crippen molar-refractivity contribution in [2.75, 3.05) is 18.4 Å². The van der Waals surface area contributed by atoms with Crippen LogP contribution in [-0.4, -0.2) is 18.1 Å². The second-order valence-corrected chi connectivity index (χ2v) is 3.44. The molecule has 0 amide bonds. The number of anilines is 1. The van der Waals surface area contributed by atoms with Crippen molar-refractivity contribution < 1.29 is 0 Å². The van der Waals surface area contributed by atoms with Gasteiger partial charge < -0.3 is 11.1 Å². The highest BCUT2D eigenvalue weighted by Crippen LogP contribution is 2.04. The van der Waals surface area contributed by atoms with Crippen LogP contribution in [-0.2, 0) is 0 Å². The van der Waals surface area contributed by atoms with Gasteiger partial charge in [0.15, 0.2) is 0 Å². The van der Waals surface area contributed by atoms with E-state index < -0.39 is 0 Å². The van der Waals surface area contributed by atoms with Gasteiger partial charge in [0.2, 0.25) is 0 Å². The van der Waals surface area contributed by atoms with Crippen LogP contribution in [0.25, 0.3) is 0 Å². The van der Waals surface area contributed by atoms with Crippen molar-refractivity contribution in [3.05, 3.63) is 23.9 Å². The van der Waals surface area contributed by atoms with E-state index in [4.69, 9.17) is 5.73 Å². The van der Waals surface area contributed by atoms with E-state index in [9.17, 15) is 0 Å². The molecule has 0 saturated heterocycles. The molecule has 0 radical (unpaired) electrons. The first kappa shape index (κ1) is 9.99. The minimum atomic E-state index is 0.489. The number of nitrogens with two attached hydrogens (primary N) is 1. The maximum Gasteiger partial charge on any atom is 0.125 e. The van der Waals surface area contributed by atoms with Gasteiger partial charge in [0.05, 0.1) is 0 Å². The van der Waals surface area contributed by atoms with Crippen LogP contribution in [0.4, 0.5) is 5.82 Å². The SMILES string of the molecule is Cc1ccc(NCC(C)CN)nc1. The van der Waals surface area contributed by atoms with Crippen LogP contribution in [0.1, 0.15) is 12.5 Å². The highest BCUT2D eigenvalue weighted by Gasteiger charge is 1.98. The van der Waals surface area contributed by atoms with Crippen molar-refractivity contribution in [3.8, 4) is 0 Å². The van der Waals surface area contributed by atoms with Crippen LogP contribution in [0.3, 0.4) is 0 Å². The summed E-state index contributed by atoms with van der Waals surface area (Å²) in [5, 5.41) is 3.23. The molecule has 1 aromatic heterocycles. The lowest BCUT2D eigenvalue weighted by Crippen LogP contribution is -2.20. The smallest absolute Gasteiger partial charge is 0.125 e. The molecule has 0 aliphatic rings. The van der Waals surface area contributed by atoms with Gasteiger partial charge in [-0.3, -0.25) is 0 Å². The van der Waals surface area contributed by atoms with E-state index in [1.807, 2.05) is 25.3 Å². The zero-order valence-electron chi connectivity index (χ0n) is 8.25. The molecule has 0 saturated carbocycles. The van der Waals surface area contributed by atoms with Gasteiger partial charge in [-0.1, -0.05) is 13.0 Å². The molecule has 3 N–H and O–H groups in total. The van der Waals surface area contributed by atoms with Crippen LogP contribution in [0.15, 0.2) is 18.3 Å². The topological polar surface area (TPSA) is 50.9 Å². The number of hydrogen-bond donors (Lipinski definition) is 2. The molecular weight excluding hydrogens is 162 g/mol. The zero-order chi connectivity index (χ0) is 9.68. The van der Waals surface area contributed by atoms with Crippen LogP contribution >= 0.6 is 0 Å². The molecule has 1 unspecified atom stereocenters. The number of rotatable bonds is 4. The zero-order valence-corrected chi connectivity index (χ0v) is 8.25. The summed E-state index contributed by atoms with van der Waals surface area (Å²) in [6.45, 7) is 5.73. The first-order valence-corrected chi connectivity index (χ1v) is 4.59. The van der Waals surface area contributed by atoms with Gasteiger partial charge in [0, 0.05) is 12.7 Å². The molecule has 1 atom stereocenters. The summed E-state index contributed by atoms with van der Waals surface area (Å²) in [5.74, 6) is 1.41. The van der Waals surface area contributed by atoms with E-state index >= 15 is 0 Å². The predicted octanol–water partition coefficient (Wildman–Crippen LogP) is 1.40. The van der Waals surface area contributed by atoms with Gasteiger partial charge in [-0.25, -0.2) is 4.98 Å². The molecule has 0 aromatic carbocycles. The Kier molecular flexibility index (Phi) is 3.71. The van der Waals surface area contributed by atoms with Crippen LogP contribution in [0.2, 0.25) is 0 Å². The monoisotopic (exact) mass is 179 g/mol. The van der Waals surface area contributed by atoms with Gasteiger partial charge in [0.25, 0.3) is 0 Å². The lowest BCUT2D eigenvalue weighted by molar-refractivity contribution is 0.627. The second kappa shape index (κ2) is 4.82. The Morgan fingerprint density at radius 2 is 2.31 bits per heavy atom. The second-order valence-electron chi connectivity index (χ2n) is 3.44. The summed E-state index contributed by atoms with van der Waals surface area (Å²) in [6, 6.07) is 4.03. The molecule has 3 heteroatoms. The summed E-state index contributed by atoms with van der Waals surface area (Å²) in [7, 11) is 0. The molecule has 1 rings (SSSR count). The molecule has 3 nitrogen and oxygen atoms in total. The molecule has 0 bridgehead atoms. The normalized spacial score (nSPS) is 12.5. The van der Waals surface area contributed by atoms with Gasteiger partial charge in [-0.15, -0.1) is 0 Å². The fourth-order valence-corrected chi connectivity index (χ4v) is 0.935. The predicted molar refractivity (Wildman–Crippen MR) is 55.7 cm³/mol. The Bertz CT molecular complexity index is 243.